The first kappa shape index (κ1) is 38.6. The number of rotatable bonds is 7. The van der Waals surface area contributed by atoms with Gasteiger partial charge in [-0.25, -0.2) is 15.0 Å². The van der Waals surface area contributed by atoms with Crippen LogP contribution >= 0.6 is 0 Å². The minimum atomic E-state index is -0.451. The summed E-state index contributed by atoms with van der Waals surface area (Å²) in [6.45, 7) is 0. The molecule has 0 fully saturated rings. The first-order chi connectivity index (χ1) is 33.2. The van der Waals surface area contributed by atoms with Crippen LogP contribution in [0.2, 0.25) is 0 Å². The van der Waals surface area contributed by atoms with Crippen molar-refractivity contribution in [1.82, 2.24) is 15.0 Å². The molecule has 3 heteroatoms. The zero-order valence-electron chi connectivity index (χ0n) is 36.5. The van der Waals surface area contributed by atoms with Gasteiger partial charge in [0.05, 0.1) is 5.41 Å². The summed E-state index contributed by atoms with van der Waals surface area (Å²) in [4.78, 5) is 15.9. The minimum Gasteiger partial charge on any atom is -0.208 e. The van der Waals surface area contributed by atoms with E-state index in [4.69, 9.17) is 15.0 Å². The van der Waals surface area contributed by atoms with Gasteiger partial charge in [-0.3, -0.25) is 0 Å². The highest BCUT2D eigenvalue weighted by molar-refractivity contribution is 5.98. The molecule has 10 aromatic carbocycles. The largest absolute Gasteiger partial charge is 0.208 e. The van der Waals surface area contributed by atoms with Gasteiger partial charge in [-0.15, -0.1) is 0 Å². The van der Waals surface area contributed by atoms with Gasteiger partial charge in [-0.2, -0.15) is 0 Å². The maximum absolute atomic E-state index is 5.32. The Labute approximate surface area is 390 Å². The van der Waals surface area contributed by atoms with Gasteiger partial charge in [-0.1, -0.05) is 224 Å². The summed E-state index contributed by atoms with van der Waals surface area (Å²) in [5.41, 5.74) is 21.8. The zero-order valence-corrected chi connectivity index (χ0v) is 36.5. The SMILES string of the molecule is c1ccc(-c2cccc(-c3nc(-c4ccc(-c5cccc6c5C5(c7ccccc7-c7ccccc75)c5ccccc5-6)cc4)nc(-c4cc(-c5ccccc5)cc(-c5ccccc5)c4)n3)c2)cc1. The molecule has 0 unspecified atom stereocenters. The smallest absolute Gasteiger partial charge is 0.164 e. The lowest BCUT2D eigenvalue weighted by atomic mass is 9.68. The molecule has 1 spiro atoms. The third-order valence-electron chi connectivity index (χ3n) is 13.7. The molecule has 2 aliphatic carbocycles. The summed E-state index contributed by atoms with van der Waals surface area (Å²) in [5.74, 6) is 1.85. The van der Waals surface area contributed by atoms with E-state index in [-0.39, 0.29) is 0 Å². The van der Waals surface area contributed by atoms with Crippen LogP contribution in [0.25, 0.3) is 101 Å². The van der Waals surface area contributed by atoms with E-state index in [1.165, 1.54) is 50.1 Å². The molecule has 13 rings (SSSR count). The van der Waals surface area contributed by atoms with E-state index in [0.717, 1.165) is 55.6 Å². The second kappa shape index (κ2) is 15.7. The Bertz CT molecular complexity index is 3550. The van der Waals surface area contributed by atoms with E-state index >= 15 is 0 Å². The predicted molar refractivity (Wildman–Crippen MR) is 274 cm³/mol. The van der Waals surface area contributed by atoms with Crippen LogP contribution in [0.5, 0.6) is 0 Å². The second-order valence-electron chi connectivity index (χ2n) is 17.5. The molecule has 0 saturated carbocycles. The van der Waals surface area contributed by atoms with Gasteiger partial charge >= 0.3 is 0 Å². The summed E-state index contributed by atoms with van der Waals surface area (Å²) >= 11 is 0. The molecule has 0 atom stereocenters. The lowest BCUT2D eigenvalue weighted by Crippen LogP contribution is -2.26. The van der Waals surface area contributed by atoms with Gasteiger partial charge in [0, 0.05) is 16.7 Å². The van der Waals surface area contributed by atoms with Gasteiger partial charge in [0.2, 0.25) is 0 Å². The molecule has 0 aliphatic heterocycles. The molecule has 0 radical (unpaired) electrons. The maximum atomic E-state index is 5.32. The third-order valence-corrected chi connectivity index (χ3v) is 13.7. The molecule has 67 heavy (non-hydrogen) atoms. The Hall–Kier alpha value is -8.79. The van der Waals surface area contributed by atoms with Crippen LogP contribution in [0.15, 0.2) is 249 Å². The van der Waals surface area contributed by atoms with Gasteiger partial charge in [0.15, 0.2) is 17.5 Å². The van der Waals surface area contributed by atoms with Crippen molar-refractivity contribution < 1.29 is 0 Å². The molecule has 0 N–H and O–H groups in total. The summed E-state index contributed by atoms with van der Waals surface area (Å²) in [7, 11) is 0. The van der Waals surface area contributed by atoms with E-state index in [1.54, 1.807) is 0 Å². The highest BCUT2D eigenvalue weighted by Crippen LogP contribution is 2.64. The molecule has 0 saturated heterocycles. The van der Waals surface area contributed by atoms with Gasteiger partial charge < -0.3 is 0 Å². The Morgan fingerprint density at radius 2 is 0.552 bits per heavy atom. The average molecular weight is 852 g/mol. The van der Waals surface area contributed by atoms with Crippen molar-refractivity contribution in [1.29, 1.82) is 0 Å². The quantitative estimate of drug-likeness (QED) is 0.160. The second-order valence-corrected chi connectivity index (χ2v) is 17.5. The van der Waals surface area contributed by atoms with Crippen molar-refractivity contribution >= 4 is 0 Å². The molecular formula is C64H41N3. The van der Waals surface area contributed by atoms with Gasteiger partial charge in [0.25, 0.3) is 0 Å². The molecular weight excluding hydrogens is 811 g/mol. The molecule has 2 aliphatic rings. The molecule has 11 aromatic rings. The minimum absolute atomic E-state index is 0.451. The zero-order chi connectivity index (χ0) is 44.3. The van der Waals surface area contributed by atoms with E-state index in [9.17, 15) is 0 Å². The van der Waals surface area contributed by atoms with E-state index in [2.05, 4.69) is 243 Å². The monoisotopic (exact) mass is 851 g/mol. The van der Waals surface area contributed by atoms with Crippen LogP contribution < -0.4 is 0 Å². The van der Waals surface area contributed by atoms with Crippen LogP contribution in [-0.2, 0) is 5.41 Å². The number of hydrogen-bond donors (Lipinski definition) is 0. The number of fused-ring (bicyclic) bond motifs is 10. The first-order valence-electron chi connectivity index (χ1n) is 22.9. The molecule has 3 nitrogen and oxygen atoms in total. The average Bonchev–Trinajstić information content (AvgIpc) is 3.89. The van der Waals surface area contributed by atoms with Gasteiger partial charge in [0.1, 0.15) is 0 Å². The lowest BCUT2D eigenvalue weighted by molar-refractivity contribution is 0.796. The van der Waals surface area contributed by atoms with Crippen molar-refractivity contribution in [3.05, 3.63) is 271 Å². The predicted octanol–water partition coefficient (Wildman–Crippen LogP) is 15.9. The number of benzene rings is 10. The van der Waals surface area contributed by atoms with Crippen LogP contribution in [0.3, 0.4) is 0 Å². The van der Waals surface area contributed by atoms with E-state index in [1.807, 2.05) is 6.07 Å². The molecule has 0 bridgehead atoms. The van der Waals surface area contributed by atoms with Crippen LogP contribution in [0, 0.1) is 0 Å². The molecule has 1 heterocycles. The Morgan fingerprint density at radius 1 is 0.209 bits per heavy atom. The number of hydrogen-bond acceptors (Lipinski definition) is 3. The fourth-order valence-corrected chi connectivity index (χ4v) is 10.8. The highest BCUT2D eigenvalue weighted by Gasteiger charge is 2.52. The van der Waals surface area contributed by atoms with Gasteiger partial charge in [-0.05, 0) is 113 Å². The van der Waals surface area contributed by atoms with Crippen molar-refractivity contribution in [3.63, 3.8) is 0 Å². The van der Waals surface area contributed by atoms with Crippen molar-refractivity contribution in [3.8, 4) is 101 Å². The Morgan fingerprint density at radius 3 is 1.10 bits per heavy atom. The van der Waals surface area contributed by atoms with Crippen LogP contribution in [0.4, 0.5) is 0 Å². The summed E-state index contributed by atoms with van der Waals surface area (Å²) < 4.78 is 0. The first-order valence-corrected chi connectivity index (χ1v) is 22.9. The summed E-state index contributed by atoms with van der Waals surface area (Å²) in [6.07, 6.45) is 0. The summed E-state index contributed by atoms with van der Waals surface area (Å²) in [6, 6.07) is 89.3. The Kier molecular flexibility index (Phi) is 9.07. The standard InChI is InChI=1S/C64H41N3/c1-4-18-42(19-5-1)47-24-16-25-48(38-47)62-65-61(66-63(67-62)51-40-49(43-20-6-2-7-21-43)39-50(41-51)44-22-8-3-9-23-44)46-36-34-45(35-37-46)52-29-17-30-56-55-28-12-15-33-59(55)64(60(52)56)57-31-13-10-26-53(57)54-27-11-14-32-58(54)64/h1-41H. The van der Waals surface area contributed by atoms with Crippen molar-refractivity contribution in [2.45, 2.75) is 5.41 Å². The van der Waals surface area contributed by atoms with E-state index < -0.39 is 5.41 Å². The number of aromatic nitrogens is 3. The number of nitrogens with zero attached hydrogens (tertiary/aromatic N) is 3. The fourth-order valence-electron chi connectivity index (χ4n) is 10.8. The topological polar surface area (TPSA) is 38.7 Å². The maximum Gasteiger partial charge on any atom is 0.164 e. The van der Waals surface area contributed by atoms with Crippen molar-refractivity contribution in [2.24, 2.45) is 0 Å². The lowest BCUT2D eigenvalue weighted by Gasteiger charge is -2.32. The van der Waals surface area contributed by atoms with Crippen molar-refractivity contribution in [2.75, 3.05) is 0 Å². The van der Waals surface area contributed by atoms with E-state index in [0.29, 0.717) is 17.5 Å². The highest BCUT2D eigenvalue weighted by atomic mass is 15.0. The molecule has 1 aromatic heterocycles. The normalized spacial score (nSPS) is 12.6. The van der Waals surface area contributed by atoms with Crippen LogP contribution in [0.1, 0.15) is 22.3 Å². The Balaban J connectivity index is 0.981. The molecule has 312 valence electrons. The molecule has 0 amide bonds. The van der Waals surface area contributed by atoms with Crippen LogP contribution in [-0.4, -0.2) is 15.0 Å². The summed E-state index contributed by atoms with van der Waals surface area (Å²) in [5, 5.41) is 0. The fraction of sp³-hybridized carbons (Fsp3) is 0.0156. The third kappa shape index (κ3) is 6.31.